The topological polar surface area (TPSA) is 95.9 Å². The molecule has 0 atom stereocenters. The summed E-state index contributed by atoms with van der Waals surface area (Å²) < 4.78 is 33.0. The van der Waals surface area contributed by atoms with Gasteiger partial charge in [0.25, 0.3) is 0 Å². The van der Waals surface area contributed by atoms with Crippen molar-refractivity contribution in [3.63, 3.8) is 0 Å². The van der Waals surface area contributed by atoms with Crippen molar-refractivity contribution in [1.29, 1.82) is 0 Å². The molecule has 0 saturated carbocycles. The molecule has 2 heterocycles. The fraction of sp³-hybridized carbons (Fsp3) is 0.500. The number of thiophene rings is 1. The van der Waals surface area contributed by atoms with E-state index >= 15 is 0 Å². The highest BCUT2D eigenvalue weighted by Crippen LogP contribution is 2.29. The molecule has 7 nitrogen and oxygen atoms in total. The van der Waals surface area contributed by atoms with Crippen molar-refractivity contribution in [2.24, 2.45) is 0 Å². The quantitative estimate of drug-likeness (QED) is 0.855. The van der Waals surface area contributed by atoms with E-state index in [2.05, 4.69) is 4.72 Å². The molecule has 9 heteroatoms. The van der Waals surface area contributed by atoms with Gasteiger partial charge in [0.15, 0.2) is 0 Å². The van der Waals surface area contributed by atoms with Crippen LogP contribution in [0.1, 0.15) is 15.2 Å². The Labute approximate surface area is 115 Å². The summed E-state index contributed by atoms with van der Waals surface area (Å²) in [7, 11) is -3.74. The second-order valence-electron chi connectivity index (χ2n) is 4.05. The van der Waals surface area contributed by atoms with Gasteiger partial charge in [-0.05, 0) is 17.9 Å². The van der Waals surface area contributed by atoms with Gasteiger partial charge in [-0.2, -0.15) is 12.7 Å². The van der Waals surface area contributed by atoms with E-state index in [4.69, 9.17) is 9.84 Å². The van der Waals surface area contributed by atoms with E-state index in [1.165, 1.54) is 4.31 Å². The molecule has 106 valence electrons. The first-order chi connectivity index (χ1) is 8.92. The lowest BCUT2D eigenvalue weighted by Gasteiger charge is -2.26. The van der Waals surface area contributed by atoms with Crippen LogP contribution in [0.25, 0.3) is 0 Å². The van der Waals surface area contributed by atoms with Crippen LogP contribution in [0.5, 0.6) is 0 Å². The number of nitrogens with one attached hydrogen (secondary N) is 1. The molecule has 0 spiro atoms. The Morgan fingerprint density at radius 3 is 2.68 bits per heavy atom. The number of aromatic carboxylic acids is 1. The predicted molar refractivity (Wildman–Crippen MR) is 70.9 cm³/mol. The molecule has 0 bridgehead atoms. The maximum atomic E-state index is 12.2. The van der Waals surface area contributed by atoms with Crippen molar-refractivity contribution in [1.82, 2.24) is 4.31 Å². The number of carbonyl (C=O) groups is 1. The highest BCUT2D eigenvalue weighted by atomic mass is 32.2. The molecule has 0 aliphatic carbocycles. The highest BCUT2D eigenvalue weighted by Gasteiger charge is 2.27. The molecule has 0 aromatic carbocycles. The van der Waals surface area contributed by atoms with Gasteiger partial charge in [0.1, 0.15) is 4.88 Å². The van der Waals surface area contributed by atoms with Crippen LogP contribution in [-0.4, -0.2) is 50.1 Å². The summed E-state index contributed by atoms with van der Waals surface area (Å²) in [6.07, 6.45) is 0. The van der Waals surface area contributed by atoms with Gasteiger partial charge in [-0.1, -0.05) is 0 Å². The van der Waals surface area contributed by atoms with E-state index in [0.29, 0.717) is 18.8 Å². The van der Waals surface area contributed by atoms with Crippen LogP contribution in [0, 0.1) is 6.92 Å². The Hall–Kier alpha value is -1.16. The zero-order valence-corrected chi connectivity index (χ0v) is 11.9. The maximum Gasteiger partial charge on any atom is 0.348 e. The predicted octanol–water partition coefficient (Wildman–Crippen LogP) is 0.744. The summed E-state index contributed by atoms with van der Waals surface area (Å²) in [5.41, 5.74) is 0.739. The van der Waals surface area contributed by atoms with Crippen molar-refractivity contribution < 1.29 is 23.1 Å². The zero-order valence-electron chi connectivity index (χ0n) is 10.2. The number of carboxylic acid groups (broad SMARTS) is 1. The average molecular weight is 306 g/mol. The van der Waals surface area contributed by atoms with Crippen LogP contribution < -0.4 is 4.72 Å². The second kappa shape index (κ2) is 5.45. The highest BCUT2D eigenvalue weighted by molar-refractivity contribution is 7.90. The van der Waals surface area contributed by atoms with Gasteiger partial charge in [0.05, 0.1) is 18.9 Å². The zero-order chi connectivity index (χ0) is 14.0. The van der Waals surface area contributed by atoms with E-state index in [0.717, 1.165) is 11.3 Å². The maximum absolute atomic E-state index is 12.2. The molecule has 1 aliphatic rings. The Morgan fingerprint density at radius 2 is 2.11 bits per heavy atom. The fourth-order valence-corrected chi connectivity index (χ4v) is 3.90. The molecule has 1 fully saturated rings. The number of hydrogen-bond acceptors (Lipinski definition) is 5. The minimum atomic E-state index is -3.74. The van der Waals surface area contributed by atoms with Crippen LogP contribution in [-0.2, 0) is 14.9 Å². The summed E-state index contributed by atoms with van der Waals surface area (Å²) in [6, 6.07) is 0. The molecule has 2 rings (SSSR count). The Morgan fingerprint density at radius 1 is 1.47 bits per heavy atom. The first-order valence-corrected chi connectivity index (χ1v) is 7.91. The summed E-state index contributed by atoms with van der Waals surface area (Å²) in [5.74, 6) is -1.14. The summed E-state index contributed by atoms with van der Waals surface area (Å²) in [4.78, 5) is 11.0. The Balaban J connectivity index is 2.24. The lowest BCUT2D eigenvalue weighted by atomic mass is 10.3. The lowest BCUT2D eigenvalue weighted by Crippen LogP contribution is -2.43. The number of rotatable bonds is 4. The van der Waals surface area contributed by atoms with Crippen molar-refractivity contribution in [2.75, 3.05) is 31.0 Å². The fourth-order valence-electron chi connectivity index (χ4n) is 1.71. The third-order valence-electron chi connectivity index (χ3n) is 2.71. The van der Waals surface area contributed by atoms with Crippen molar-refractivity contribution in [3.8, 4) is 0 Å². The standard InChI is InChI=1S/C10H14N2O5S2/c1-7-6-18-9(10(13)14)8(7)11-19(15,16)12-2-4-17-5-3-12/h6,11H,2-5H2,1H3,(H,13,14). The van der Waals surface area contributed by atoms with Crippen molar-refractivity contribution in [2.45, 2.75) is 6.92 Å². The molecule has 1 saturated heterocycles. The van der Waals surface area contributed by atoms with Crippen LogP contribution in [0.4, 0.5) is 5.69 Å². The van der Waals surface area contributed by atoms with Gasteiger partial charge in [0.2, 0.25) is 0 Å². The first kappa shape index (κ1) is 14.3. The molecular formula is C10H14N2O5S2. The van der Waals surface area contributed by atoms with Gasteiger partial charge < -0.3 is 9.84 Å². The van der Waals surface area contributed by atoms with Crippen LogP contribution in [0.2, 0.25) is 0 Å². The summed E-state index contributed by atoms with van der Waals surface area (Å²) >= 11 is 1.00. The van der Waals surface area contributed by atoms with E-state index in [1.54, 1.807) is 12.3 Å². The third-order valence-corrected chi connectivity index (χ3v) is 5.30. The number of ether oxygens (including phenoxy) is 1. The normalized spacial score (nSPS) is 17.3. The van der Waals surface area contributed by atoms with Crippen LogP contribution in [0.15, 0.2) is 5.38 Å². The van der Waals surface area contributed by atoms with E-state index in [1.807, 2.05) is 0 Å². The van der Waals surface area contributed by atoms with Gasteiger partial charge in [-0.25, -0.2) is 4.79 Å². The summed E-state index contributed by atoms with van der Waals surface area (Å²) in [6.45, 7) is 2.88. The SMILES string of the molecule is Cc1csc(C(=O)O)c1NS(=O)(=O)N1CCOCC1. The van der Waals surface area contributed by atoms with Gasteiger partial charge in [-0.15, -0.1) is 11.3 Å². The molecule has 1 aliphatic heterocycles. The number of carboxylic acids is 1. The number of hydrogen-bond donors (Lipinski definition) is 2. The molecule has 1 aromatic rings. The number of aryl methyl sites for hydroxylation is 1. The molecule has 2 N–H and O–H groups in total. The molecule has 0 amide bonds. The van der Waals surface area contributed by atoms with Crippen LogP contribution in [0.3, 0.4) is 0 Å². The lowest BCUT2D eigenvalue weighted by molar-refractivity contribution is 0.0702. The molecule has 0 radical (unpaired) electrons. The third kappa shape index (κ3) is 3.06. The molecule has 0 unspecified atom stereocenters. The molecular weight excluding hydrogens is 292 g/mol. The van der Waals surface area contributed by atoms with Crippen molar-refractivity contribution in [3.05, 3.63) is 15.8 Å². The van der Waals surface area contributed by atoms with E-state index in [-0.39, 0.29) is 23.7 Å². The smallest absolute Gasteiger partial charge is 0.348 e. The number of nitrogens with zero attached hydrogens (tertiary/aromatic N) is 1. The van der Waals surface area contributed by atoms with Gasteiger partial charge in [0, 0.05) is 13.1 Å². The summed E-state index contributed by atoms with van der Waals surface area (Å²) in [5, 5.41) is 10.6. The second-order valence-corrected chi connectivity index (χ2v) is 6.60. The van der Waals surface area contributed by atoms with Gasteiger partial charge >= 0.3 is 16.2 Å². The van der Waals surface area contributed by atoms with Crippen LogP contribution >= 0.6 is 11.3 Å². The molecule has 19 heavy (non-hydrogen) atoms. The van der Waals surface area contributed by atoms with Gasteiger partial charge in [-0.3, -0.25) is 4.72 Å². The van der Waals surface area contributed by atoms with E-state index < -0.39 is 16.2 Å². The Kier molecular flexibility index (Phi) is 4.09. The average Bonchev–Trinajstić information content (AvgIpc) is 2.72. The Bertz CT molecular complexity index is 575. The minimum absolute atomic E-state index is 0.00525. The van der Waals surface area contributed by atoms with Crippen molar-refractivity contribution >= 4 is 33.2 Å². The number of anilines is 1. The largest absolute Gasteiger partial charge is 0.477 e. The molecule has 1 aromatic heterocycles. The first-order valence-electron chi connectivity index (χ1n) is 5.59. The number of morpholine rings is 1. The van der Waals surface area contributed by atoms with E-state index in [9.17, 15) is 13.2 Å². The monoisotopic (exact) mass is 306 g/mol. The minimum Gasteiger partial charge on any atom is -0.477 e.